The predicted molar refractivity (Wildman–Crippen MR) is 92.1 cm³/mol. The van der Waals surface area contributed by atoms with Gasteiger partial charge in [-0.15, -0.1) is 6.58 Å². The Balaban J connectivity index is 2.18. The van der Waals surface area contributed by atoms with Crippen molar-refractivity contribution in [2.75, 3.05) is 6.61 Å². The van der Waals surface area contributed by atoms with Crippen LogP contribution in [0.2, 0.25) is 0 Å². The minimum atomic E-state index is -1.31. The van der Waals surface area contributed by atoms with E-state index >= 15 is 0 Å². The molecule has 0 aliphatic carbocycles. The molecule has 2 aliphatic heterocycles. The highest BCUT2D eigenvalue weighted by Gasteiger charge is 2.67. The summed E-state index contributed by atoms with van der Waals surface area (Å²) >= 11 is 0. The summed E-state index contributed by atoms with van der Waals surface area (Å²) in [7, 11) is 0. The first kappa shape index (κ1) is 17.6. The summed E-state index contributed by atoms with van der Waals surface area (Å²) in [5.41, 5.74) is 3.75. The lowest BCUT2D eigenvalue weighted by molar-refractivity contribution is -0.127. The van der Waals surface area contributed by atoms with Crippen LogP contribution >= 0.6 is 0 Å². The number of pyridine rings is 1. The summed E-state index contributed by atoms with van der Waals surface area (Å²) in [6.45, 7) is 11.4. The van der Waals surface area contributed by atoms with Gasteiger partial charge in [-0.25, -0.2) is 0 Å². The zero-order valence-electron chi connectivity index (χ0n) is 15.0. The number of nitrogens with one attached hydrogen (secondary N) is 2. The number of carbonyl (C=O) groups is 2. The highest BCUT2D eigenvalue weighted by molar-refractivity contribution is 6.06. The third-order valence-electron chi connectivity index (χ3n) is 5.23. The van der Waals surface area contributed by atoms with E-state index in [1.807, 2.05) is 26.8 Å². The molecule has 134 valence electrons. The van der Waals surface area contributed by atoms with Crippen LogP contribution in [0, 0.1) is 5.92 Å². The SMILES string of the molecule is C=CCONC12NC(=O)C(C)(C(C)C)N1C(=O)c1cc(CC)cnc12. The molecule has 7 heteroatoms. The van der Waals surface area contributed by atoms with Gasteiger partial charge in [0, 0.05) is 6.20 Å². The van der Waals surface area contributed by atoms with Crippen LogP contribution in [0.15, 0.2) is 24.9 Å². The first-order valence-corrected chi connectivity index (χ1v) is 8.49. The monoisotopic (exact) mass is 344 g/mol. The zero-order valence-corrected chi connectivity index (χ0v) is 15.0. The molecular formula is C18H24N4O3. The second-order valence-electron chi connectivity index (χ2n) is 6.90. The lowest BCUT2D eigenvalue weighted by Crippen LogP contribution is -2.61. The van der Waals surface area contributed by atoms with Crippen LogP contribution in [0.1, 0.15) is 49.3 Å². The fourth-order valence-corrected chi connectivity index (χ4v) is 3.44. The van der Waals surface area contributed by atoms with Crippen molar-refractivity contribution in [3.63, 3.8) is 0 Å². The highest BCUT2D eigenvalue weighted by atomic mass is 16.7. The molecule has 7 nitrogen and oxygen atoms in total. The van der Waals surface area contributed by atoms with Gasteiger partial charge in [0.15, 0.2) is 0 Å². The van der Waals surface area contributed by atoms with E-state index in [1.54, 1.807) is 19.2 Å². The lowest BCUT2D eigenvalue weighted by Gasteiger charge is -2.39. The topological polar surface area (TPSA) is 83.6 Å². The number of carbonyl (C=O) groups excluding carboxylic acids is 2. The second kappa shape index (κ2) is 5.93. The Morgan fingerprint density at radius 1 is 1.48 bits per heavy atom. The van der Waals surface area contributed by atoms with E-state index in [2.05, 4.69) is 22.4 Å². The molecule has 1 aromatic heterocycles. The minimum Gasteiger partial charge on any atom is -0.312 e. The average Bonchev–Trinajstić information content (AvgIpc) is 2.96. The van der Waals surface area contributed by atoms with E-state index in [9.17, 15) is 9.59 Å². The number of aromatic nitrogens is 1. The second-order valence-corrected chi connectivity index (χ2v) is 6.90. The number of amides is 2. The minimum absolute atomic E-state index is 0.0977. The molecule has 0 bridgehead atoms. The fourth-order valence-electron chi connectivity index (χ4n) is 3.44. The van der Waals surface area contributed by atoms with Crippen molar-refractivity contribution < 1.29 is 14.4 Å². The largest absolute Gasteiger partial charge is 0.312 e. The van der Waals surface area contributed by atoms with Crippen molar-refractivity contribution >= 4 is 11.8 Å². The average molecular weight is 344 g/mol. The van der Waals surface area contributed by atoms with Crippen molar-refractivity contribution in [1.82, 2.24) is 20.7 Å². The molecule has 3 rings (SSSR count). The molecule has 0 aromatic carbocycles. The first-order chi connectivity index (χ1) is 11.8. The van der Waals surface area contributed by atoms with Crippen LogP contribution in [0.5, 0.6) is 0 Å². The third-order valence-corrected chi connectivity index (χ3v) is 5.23. The quantitative estimate of drug-likeness (QED) is 0.464. The van der Waals surface area contributed by atoms with E-state index in [4.69, 9.17) is 4.84 Å². The Morgan fingerprint density at radius 3 is 2.80 bits per heavy atom. The number of hydrogen-bond donors (Lipinski definition) is 2. The van der Waals surface area contributed by atoms with Crippen molar-refractivity contribution in [1.29, 1.82) is 0 Å². The maximum atomic E-state index is 13.2. The summed E-state index contributed by atoms with van der Waals surface area (Å²) in [6.07, 6.45) is 4.08. The highest BCUT2D eigenvalue weighted by Crippen LogP contribution is 2.46. The first-order valence-electron chi connectivity index (χ1n) is 8.49. The molecule has 2 amide bonds. The molecule has 1 fully saturated rings. The Morgan fingerprint density at radius 2 is 2.20 bits per heavy atom. The van der Waals surface area contributed by atoms with Crippen molar-refractivity contribution in [2.24, 2.45) is 5.92 Å². The molecule has 0 radical (unpaired) electrons. The van der Waals surface area contributed by atoms with Gasteiger partial charge in [0.2, 0.25) is 11.7 Å². The molecule has 2 atom stereocenters. The van der Waals surface area contributed by atoms with Gasteiger partial charge in [0.1, 0.15) is 11.2 Å². The number of fused-ring (bicyclic) bond motifs is 3. The van der Waals surface area contributed by atoms with Gasteiger partial charge in [-0.3, -0.25) is 24.3 Å². The van der Waals surface area contributed by atoms with Gasteiger partial charge < -0.3 is 5.32 Å². The summed E-state index contributed by atoms with van der Waals surface area (Å²) < 4.78 is 0. The Labute approximate surface area is 147 Å². The molecule has 0 spiro atoms. The van der Waals surface area contributed by atoms with Gasteiger partial charge in [-0.05, 0) is 30.9 Å². The molecule has 2 N–H and O–H groups in total. The molecule has 3 heterocycles. The maximum absolute atomic E-state index is 13.2. The molecule has 1 saturated heterocycles. The van der Waals surface area contributed by atoms with Gasteiger partial charge in [0.05, 0.1) is 12.2 Å². The summed E-state index contributed by atoms with van der Waals surface area (Å²) in [6, 6.07) is 1.84. The smallest absolute Gasteiger partial charge is 0.260 e. The molecule has 1 aromatic rings. The third kappa shape index (κ3) is 2.22. The standard InChI is InChI=1S/C18H24N4O3/c1-6-8-25-21-18-14-13(9-12(7-2)10-19-14)15(23)22(18)17(5,11(3)4)16(24)20-18/h6,9-11,21H,1,7-8H2,2-5H3,(H,20,24). The summed E-state index contributed by atoms with van der Waals surface area (Å²) in [4.78, 5) is 37.5. The van der Waals surface area contributed by atoms with Crippen LogP contribution < -0.4 is 10.8 Å². The number of aryl methyl sites for hydroxylation is 1. The molecule has 0 saturated carbocycles. The summed E-state index contributed by atoms with van der Waals surface area (Å²) in [5, 5.41) is 2.92. The van der Waals surface area contributed by atoms with Crippen molar-refractivity contribution in [2.45, 2.75) is 45.4 Å². The predicted octanol–water partition coefficient (Wildman–Crippen LogP) is 1.46. The normalized spacial score (nSPS) is 27.5. The molecule has 2 unspecified atom stereocenters. The maximum Gasteiger partial charge on any atom is 0.260 e. The van der Waals surface area contributed by atoms with E-state index in [0.717, 1.165) is 12.0 Å². The molecule has 2 aliphatic rings. The van der Waals surface area contributed by atoms with Crippen LogP contribution in [0.4, 0.5) is 0 Å². The van der Waals surface area contributed by atoms with Crippen LogP contribution in [-0.4, -0.2) is 33.8 Å². The zero-order chi connectivity index (χ0) is 18.4. The van der Waals surface area contributed by atoms with Crippen molar-refractivity contribution in [3.8, 4) is 0 Å². The van der Waals surface area contributed by atoms with Crippen molar-refractivity contribution in [3.05, 3.63) is 41.7 Å². The van der Waals surface area contributed by atoms with E-state index in [-0.39, 0.29) is 24.3 Å². The Hall–Kier alpha value is -2.25. The van der Waals surface area contributed by atoms with E-state index < -0.39 is 11.3 Å². The van der Waals surface area contributed by atoms with Gasteiger partial charge in [-0.1, -0.05) is 26.8 Å². The number of hydroxylamine groups is 1. The number of hydrogen-bond acceptors (Lipinski definition) is 5. The van der Waals surface area contributed by atoms with Crippen LogP contribution in [-0.2, 0) is 21.8 Å². The molecular weight excluding hydrogens is 320 g/mol. The lowest BCUT2D eigenvalue weighted by atomic mass is 9.87. The van der Waals surface area contributed by atoms with Crippen LogP contribution in [0.25, 0.3) is 0 Å². The Kier molecular flexibility index (Phi) is 4.17. The molecule has 25 heavy (non-hydrogen) atoms. The fraction of sp³-hybridized carbons (Fsp3) is 0.500. The number of nitrogens with zero attached hydrogens (tertiary/aromatic N) is 2. The number of rotatable bonds is 6. The van der Waals surface area contributed by atoms with E-state index in [1.165, 1.54) is 4.90 Å². The Bertz CT molecular complexity index is 748. The van der Waals surface area contributed by atoms with Gasteiger partial charge >= 0.3 is 0 Å². The van der Waals surface area contributed by atoms with E-state index in [0.29, 0.717) is 11.3 Å². The van der Waals surface area contributed by atoms with Crippen LogP contribution in [0.3, 0.4) is 0 Å². The summed E-state index contributed by atoms with van der Waals surface area (Å²) in [5.74, 6) is -1.88. The van der Waals surface area contributed by atoms with Gasteiger partial charge in [0.25, 0.3) is 5.91 Å². The van der Waals surface area contributed by atoms with Gasteiger partial charge in [-0.2, -0.15) is 5.48 Å².